The summed E-state index contributed by atoms with van der Waals surface area (Å²) in [4.78, 5) is 70.6. The monoisotopic (exact) mass is 967 g/mol. The Labute approximate surface area is 402 Å². The van der Waals surface area contributed by atoms with Crippen molar-refractivity contribution in [2.75, 3.05) is 111 Å². The third kappa shape index (κ3) is 10.2. The average molecular weight is 969 g/mol. The van der Waals surface area contributed by atoms with Gasteiger partial charge in [-0.05, 0) is 99.5 Å². The summed E-state index contributed by atoms with van der Waals surface area (Å²) >= 11 is 6.49. The number of benzene rings is 3. The molecule has 4 amide bonds. The lowest BCUT2D eigenvalue weighted by atomic mass is 9.92. The lowest BCUT2D eigenvalue weighted by Crippen LogP contribution is -2.54. The first-order valence-electron chi connectivity index (χ1n) is 23.3. The van der Waals surface area contributed by atoms with Crippen molar-refractivity contribution in [2.45, 2.75) is 44.6 Å². The number of nitrogens with one attached hydrogen (secondary N) is 3. The Morgan fingerprint density at radius 1 is 0.765 bits per heavy atom. The van der Waals surface area contributed by atoms with Gasteiger partial charge in [-0.25, -0.2) is 13.4 Å². The third-order valence-electron chi connectivity index (χ3n) is 14.0. The number of ether oxygens (including phenoxy) is 1. The maximum atomic E-state index is 13.4. The van der Waals surface area contributed by atoms with Crippen LogP contribution >= 0.6 is 11.6 Å². The van der Waals surface area contributed by atoms with Crippen LogP contribution in [0.15, 0.2) is 66.9 Å². The van der Waals surface area contributed by atoms with Crippen LogP contribution in [0.25, 0.3) is 0 Å². The Kier molecular flexibility index (Phi) is 13.8. The SMILES string of the molecule is COc1cc(N2CCN(CC3CCN(CC4CCN(c5ccc6c(c5)C(=O)N(C5CCC(=O)NC5=O)C6=O)CC4)CC3)CC2)ccc1Nc1ncc(Cl)c(Nc2ccccc2N(C)S(C)(=O)=O)n1. The number of para-hydroxylation sites is 2. The van der Waals surface area contributed by atoms with E-state index in [-0.39, 0.29) is 29.7 Å². The number of hydrogen-bond acceptors (Lipinski definition) is 15. The number of sulfonamides is 1. The van der Waals surface area contributed by atoms with E-state index in [0.29, 0.717) is 51.6 Å². The molecule has 4 fully saturated rings. The maximum absolute atomic E-state index is 13.4. The van der Waals surface area contributed by atoms with Crippen LogP contribution in [0, 0.1) is 11.8 Å². The molecule has 4 aromatic rings. The van der Waals surface area contributed by atoms with Crippen molar-refractivity contribution < 1.29 is 32.3 Å². The Morgan fingerprint density at radius 3 is 2.09 bits per heavy atom. The molecular weight excluding hydrogens is 910 g/mol. The molecule has 9 rings (SSSR count). The standard InChI is InChI=1S/C48H58ClN11O7S/c1-55(68(3,65)66)40-7-5-4-6-38(40)51-44-37(49)28-50-48(54-44)52-39-11-9-34(27-42(39)67-2)59-24-22-57(23-25-59)30-31-14-18-56(19-15-31)29-32-16-20-58(21-17-32)33-8-10-35-36(26-33)47(64)60(46(35)63)41-12-13-43(61)53-45(41)62/h4-11,26-28,31-32,41H,12-25,29-30H2,1-3H3,(H,53,61,62)(H2,50,51,52,54). The van der Waals surface area contributed by atoms with Crippen molar-refractivity contribution in [2.24, 2.45) is 11.8 Å². The van der Waals surface area contributed by atoms with E-state index in [1.54, 1.807) is 43.5 Å². The fourth-order valence-electron chi connectivity index (χ4n) is 10.1. The second-order valence-electron chi connectivity index (χ2n) is 18.4. The summed E-state index contributed by atoms with van der Waals surface area (Å²) in [7, 11) is -0.381. The number of carbonyl (C=O) groups excluding carboxylic acids is 4. The second kappa shape index (κ2) is 19.9. The van der Waals surface area contributed by atoms with Crippen molar-refractivity contribution in [3.63, 3.8) is 0 Å². The number of halogens is 1. The van der Waals surface area contributed by atoms with Crippen molar-refractivity contribution in [1.29, 1.82) is 0 Å². The number of imide groups is 2. The van der Waals surface area contributed by atoms with Crippen LogP contribution in [0.2, 0.25) is 5.02 Å². The van der Waals surface area contributed by atoms with Gasteiger partial charge < -0.3 is 30.1 Å². The maximum Gasteiger partial charge on any atom is 0.262 e. The van der Waals surface area contributed by atoms with Crippen LogP contribution in [-0.4, -0.2) is 149 Å². The van der Waals surface area contributed by atoms with Crippen LogP contribution in [0.4, 0.5) is 40.2 Å². The van der Waals surface area contributed by atoms with E-state index >= 15 is 0 Å². The zero-order chi connectivity index (χ0) is 47.7. The second-order valence-corrected chi connectivity index (χ2v) is 20.8. The normalized spacial score (nSPS) is 20.1. The van der Waals surface area contributed by atoms with Crippen molar-refractivity contribution in [3.8, 4) is 5.75 Å². The van der Waals surface area contributed by atoms with Gasteiger partial charge in [0.15, 0.2) is 5.82 Å². The number of rotatable bonds is 14. The predicted molar refractivity (Wildman–Crippen MR) is 262 cm³/mol. The number of aromatic nitrogens is 2. The smallest absolute Gasteiger partial charge is 0.262 e. The van der Waals surface area contributed by atoms with Crippen molar-refractivity contribution in [1.82, 2.24) is 30.0 Å². The topological polar surface area (TPSA) is 193 Å². The van der Waals surface area contributed by atoms with Crippen LogP contribution < -0.4 is 34.8 Å². The summed E-state index contributed by atoms with van der Waals surface area (Å²) < 4.78 is 31.6. The highest BCUT2D eigenvalue weighted by Crippen LogP contribution is 2.36. The van der Waals surface area contributed by atoms with E-state index in [1.807, 2.05) is 18.2 Å². The molecule has 0 spiro atoms. The summed E-state index contributed by atoms with van der Waals surface area (Å²) in [6, 6.07) is 17.5. The van der Waals surface area contributed by atoms with Gasteiger partial charge in [-0.1, -0.05) is 23.7 Å². The van der Waals surface area contributed by atoms with Gasteiger partial charge in [0.1, 0.15) is 16.8 Å². The Bertz CT molecular complexity index is 2690. The first-order chi connectivity index (χ1) is 32.7. The molecule has 5 aliphatic rings. The fraction of sp³-hybridized carbons (Fsp3) is 0.458. The number of fused-ring (bicyclic) bond motifs is 1. The van der Waals surface area contributed by atoms with E-state index < -0.39 is 33.8 Å². The number of piperidine rings is 3. The van der Waals surface area contributed by atoms with Gasteiger partial charge in [-0.3, -0.25) is 38.6 Å². The largest absolute Gasteiger partial charge is 0.494 e. The Morgan fingerprint density at radius 2 is 1.40 bits per heavy atom. The fourth-order valence-corrected chi connectivity index (χ4v) is 10.7. The highest BCUT2D eigenvalue weighted by atomic mass is 35.5. The zero-order valence-corrected chi connectivity index (χ0v) is 40.2. The number of nitrogens with zero attached hydrogens (tertiary/aromatic N) is 8. The molecular formula is C48H58ClN11O7S. The van der Waals surface area contributed by atoms with Gasteiger partial charge >= 0.3 is 0 Å². The quantitative estimate of drug-likeness (QED) is 0.140. The predicted octanol–water partition coefficient (Wildman–Crippen LogP) is 5.17. The lowest BCUT2D eigenvalue weighted by Gasteiger charge is -2.41. The van der Waals surface area contributed by atoms with Gasteiger partial charge in [-0.2, -0.15) is 4.98 Å². The molecule has 3 N–H and O–H groups in total. The number of anilines is 7. The molecule has 5 aliphatic heterocycles. The molecule has 1 atom stereocenters. The highest BCUT2D eigenvalue weighted by molar-refractivity contribution is 7.92. The first-order valence-corrected chi connectivity index (χ1v) is 25.5. The minimum Gasteiger partial charge on any atom is -0.494 e. The van der Waals surface area contributed by atoms with E-state index in [2.05, 4.69) is 51.6 Å². The average Bonchev–Trinajstić information content (AvgIpc) is 3.58. The van der Waals surface area contributed by atoms with E-state index in [1.165, 1.54) is 30.4 Å². The lowest BCUT2D eigenvalue weighted by molar-refractivity contribution is -0.136. The minimum atomic E-state index is -3.50. The molecule has 0 aliphatic carbocycles. The number of methoxy groups -OCH3 is 1. The van der Waals surface area contributed by atoms with Crippen molar-refractivity contribution in [3.05, 3.63) is 83.0 Å². The molecule has 4 saturated heterocycles. The molecule has 20 heteroatoms. The van der Waals surface area contributed by atoms with Crippen LogP contribution in [0.5, 0.6) is 5.75 Å². The molecule has 0 radical (unpaired) electrons. The summed E-state index contributed by atoms with van der Waals surface area (Å²) in [5, 5.41) is 8.95. The molecule has 18 nitrogen and oxygen atoms in total. The molecule has 0 bridgehead atoms. The van der Waals surface area contributed by atoms with Gasteiger partial charge in [0.2, 0.25) is 27.8 Å². The molecule has 0 saturated carbocycles. The molecule has 68 heavy (non-hydrogen) atoms. The molecule has 6 heterocycles. The van der Waals surface area contributed by atoms with Gasteiger partial charge in [0.05, 0.1) is 47.8 Å². The highest BCUT2D eigenvalue weighted by Gasteiger charge is 2.45. The van der Waals surface area contributed by atoms with Crippen molar-refractivity contribution >= 4 is 85.5 Å². The minimum absolute atomic E-state index is 0.0966. The first kappa shape index (κ1) is 47.1. The summed E-state index contributed by atoms with van der Waals surface area (Å²) in [5.74, 6) is 0.594. The number of likely N-dealkylation sites (tertiary alicyclic amines) is 1. The van der Waals surface area contributed by atoms with Gasteiger partial charge in [-0.15, -0.1) is 0 Å². The van der Waals surface area contributed by atoms with Crippen LogP contribution in [-0.2, 0) is 19.6 Å². The summed E-state index contributed by atoms with van der Waals surface area (Å²) in [5.41, 5.74) is 4.28. The van der Waals surface area contributed by atoms with E-state index in [4.69, 9.17) is 16.3 Å². The summed E-state index contributed by atoms with van der Waals surface area (Å²) in [6.45, 7) is 10.0. The van der Waals surface area contributed by atoms with Gasteiger partial charge in [0, 0.05) is 83.3 Å². The van der Waals surface area contributed by atoms with E-state index in [9.17, 15) is 27.6 Å². The summed E-state index contributed by atoms with van der Waals surface area (Å²) in [6.07, 6.45) is 7.38. The number of hydrogen-bond donors (Lipinski definition) is 3. The molecule has 1 unspecified atom stereocenters. The number of carbonyl (C=O) groups is 4. The number of amides is 4. The van der Waals surface area contributed by atoms with E-state index in [0.717, 1.165) is 101 Å². The Balaban J connectivity index is 0.709. The number of piperazine rings is 1. The zero-order valence-electron chi connectivity index (χ0n) is 38.6. The van der Waals surface area contributed by atoms with Crippen LogP contribution in [0.3, 0.4) is 0 Å². The molecule has 1 aromatic heterocycles. The third-order valence-corrected chi connectivity index (χ3v) is 15.5. The Hall–Kier alpha value is -6.02. The van der Waals surface area contributed by atoms with Gasteiger partial charge in [0.25, 0.3) is 11.8 Å². The molecule has 360 valence electrons. The van der Waals surface area contributed by atoms with Crippen LogP contribution in [0.1, 0.15) is 59.2 Å². The molecule has 3 aromatic carbocycles.